The quantitative estimate of drug-likeness (QED) is 0.510. The van der Waals surface area contributed by atoms with Gasteiger partial charge >= 0.3 is 5.91 Å². The number of aromatic nitrogens is 1. The van der Waals surface area contributed by atoms with Gasteiger partial charge in [0.1, 0.15) is 5.56 Å². The van der Waals surface area contributed by atoms with E-state index in [0.717, 1.165) is 44.8 Å². The Hall–Kier alpha value is -3.04. The van der Waals surface area contributed by atoms with Gasteiger partial charge in [-0.1, -0.05) is 20.8 Å². The van der Waals surface area contributed by atoms with Gasteiger partial charge in [-0.05, 0) is 36.0 Å². The fourth-order valence-corrected chi connectivity index (χ4v) is 4.69. The van der Waals surface area contributed by atoms with Crippen molar-refractivity contribution in [3.8, 4) is 22.8 Å². The molecule has 182 valence electrons. The third-order valence-corrected chi connectivity index (χ3v) is 6.58. The van der Waals surface area contributed by atoms with Crippen molar-refractivity contribution < 1.29 is 19.4 Å². The van der Waals surface area contributed by atoms with Crippen molar-refractivity contribution in [3.63, 3.8) is 0 Å². The number of nitrogens with zero attached hydrogens (tertiary/aromatic N) is 3. The van der Waals surface area contributed by atoms with E-state index in [9.17, 15) is 19.6 Å². The van der Waals surface area contributed by atoms with E-state index in [1.807, 2.05) is 10.6 Å². The Morgan fingerprint density at radius 1 is 1.24 bits per heavy atom. The van der Waals surface area contributed by atoms with Gasteiger partial charge in [-0.15, -0.1) is 4.91 Å². The summed E-state index contributed by atoms with van der Waals surface area (Å²) in [6.07, 6.45) is 2.87. The molecule has 0 bridgehead atoms. The SMILES string of the molecule is CC(C)(C)[C@H]1Cc2cc(OCCCN3CCOCC3)c(O)cc2-c2cc(=O)c(C(=O)N=O)cn21. The predicted molar refractivity (Wildman–Crippen MR) is 127 cm³/mol. The maximum Gasteiger partial charge on any atom is 0.322 e. The molecule has 2 aliphatic rings. The summed E-state index contributed by atoms with van der Waals surface area (Å²) in [5.41, 5.74) is 1.21. The van der Waals surface area contributed by atoms with Crippen molar-refractivity contribution in [1.29, 1.82) is 0 Å². The lowest BCUT2D eigenvalue weighted by atomic mass is 9.78. The molecule has 0 unspecified atom stereocenters. The van der Waals surface area contributed by atoms with Crippen molar-refractivity contribution in [2.24, 2.45) is 10.6 Å². The highest BCUT2D eigenvalue weighted by Gasteiger charge is 2.34. The molecule has 9 heteroatoms. The molecule has 1 saturated heterocycles. The molecule has 3 heterocycles. The van der Waals surface area contributed by atoms with Gasteiger partial charge in [-0.2, -0.15) is 0 Å². The Balaban J connectivity index is 1.62. The van der Waals surface area contributed by atoms with Gasteiger partial charge in [0.05, 0.1) is 25.5 Å². The Morgan fingerprint density at radius 3 is 2.65 bits per heavy atom. The Kier molecular flexibility index (Phi) is 6.86. The number of amides is 1. The maximum atomic E-state index is 12.6. The molecule has 1 atom stereocenters. The number of carbonyl (C=O) groups is 1. The number of benzene rings is 1. The van der Waals surface area contributed by atoms with Crippen LogP contribution in [-0.4, -0.2) is 59.9 Å². The highest BCUT2D eigenvalue weighted by Crippen LogP contribution is 2.45. The molecule has 9 nitrogen and oxygen atoms in total. The van der Waals surface area contributed by atoms with Crippen LogP contribution in [-0.2, 0) is 11.2 Å². The number of phenolic OH excluding ortho intramolecular Hbond substituents is 1. The first-order valence-corrected chi connectivity index (χ1v) is 11.6. The van der Waals surface area contributed by atoms with E-state index < -0.39 is 11.3 Å². The van der Waals surface area contributed by atoms with Gasteiger partial charge in [-0.3, -0.25) is 14.5 Å². The van der Waals surface area contributed by atoms with Crippen LogP contribution < -0.4 is 10.2 Å². The first-order chi connectivity index (χ1) is 16.2. The van der Waals surface area contributed by atoms with Crippen LogP contribution in [0.1, 0.15) is 49.2 Å². The van der Waals surface area contributed by atoms with Gasteiger partial charge in [-0.25, -0.2) is 0 Å². The molecular weight excluding hydrogens is 438 g/mol. The Labute approximate surface area is 198 Å². The normalized spacial score (nSPS) is 18.1. The molecule has 1 fully saturated rings. The lowest BCUT2D eigenvalue weighted by molar-refractivity contribution is 0.0357. The minimum absolute atomic E-state index is 0.00644. The predicted octanol–water partition coefficient (Wildman–Crippen LogP) is 3.37. The number of phenols is 1. The number of rotatable bonds is 6. The highest BCUT2D eigenvalue weighted by atomic mass is 16.5. The van der Waals surface area contributed by atoms with Gasteiger partial charge in [0.15, 0.2) is 16.9 Å². The molecule has 1 N–H and O–H groups in total. The van der Waals surface area contributed by atoms with E-state index in [4.69, 9.17) is 9.47 Å². The molecule has 4 rings (SSSR count). The van der Waals surface area contributed by atoms with Crippen molar-refractivity contribution in [3.05, 3.63) is 50.7 Å². The van der Waals surface area contributed by atoms with Crippen LogP contribution in [0.25, 0.3) is 11.3 Å². The molecule has 2 aromatic rings. The molecule has 1 aromatic carbocycles. The second-order valence-corrected chi connectivity index (χ2v) is 9.96. The number of hydrogen-bond acceptors (Lipinski definition) is 7. The second kappa shape index (κ2) is 9.68. The lowest BCUT2D eigenvalue weighted by Gasteiger charge is -2.39. The molecular formula is C25H31N3O6. The molecule has 1 aromatic heterocycles. The summed E-state index contributed by atoms with van der Waals surface area (Å²) in [7, 11) is 0. The van der Waals surface area contributed by atoms with Crippen LogP contribution in [0.15, 0.2) is 34.4 Å². The maximum absolute atomic E-state index is 12.6. The monoisotopic (exact) mass is 469 g/mol. The molecule has 0 aliphatic carbocycles. The summed E-state index contributed by atoms with van der Waals surface area (Å²) in [5, 5.41) is 13.1. The number of pyridine rings is 1. The van der Waals surface area contributed by atoms with E-state index >= 15 is 0 Å². The lowest BCUT2D eigenvalue weighted by Crippen LogP contribution is -2.37. The van der Waals surface area contributed by atoms with Crippen LogP contribution in [0.4, 0.5) is 0 Å². The summed E-state index contributed by atoms with van der Waals surface area (Å²) in [5.74, 6) is -0.670. The number of ether oxygens (including phenoxy) is 2. The number of aromatic hydroxyl groups is 1. The number of nitroso groups, excluding NO2 is 1. The van der Waals surface area contributed by atoms with Gasteiger partial charge < -0.3 is 19.1 Å². The fourth-order valence-electron chi connectivity index (χ4n) is 4.69. The highest BCUT2D eigenvalue weighted by molar-refractivity contribution is 5.94. The standard InChI is InChI=1S/C25H31N3O6/c1-25(2,3)23-12-16-11-22(34-8-4-5-27-6-9-33-10-7-27)21(30)13-17(16)19-14-20(29)18(15-28(19)23)24(31)26-32/h11,13-15,23,30H,4-10,12H2,1-3H3/t23-/m1/s1. The van der Waals surface area contributed by atoms with Crippen LogP contribution in [0, 0.1) is 10.3 Å². The van der Waals surface area contributed by atoms with Gasteiger partial charge in [0.2, 0.25) is 0 Å². The molecule has 0 saturated carbocycles. The molecule has 0 radical (unpaired) electrons. The van der Waals surface area contributed by atoms with E-state index in [1.165, 1.54) is 12.3 Å². The smallest absolute Gasteiger partial charge is 0.322 e. The van der Waals surface area contributed by atoms with E-state index in [-0.39, 0.29) is 22.8 Å². The van der Waals surface area contributed by atoms with Crippen LogP contribution in [0.5, 0.6) is 11.5 Å². The first kappa shape index (κ1) is 24.1. The van der Waals surface area contributed by atoms with E-state index in [0.29, 0.717) is 30.0 Å². The van der Waals surface area contributed by atoms with Crippen molar-refractivity contribution in [2.45, 2.75) is 39.7 Å². The first-order valence-electron chi connectivity index (χ1n) is 11.6. The summed E-state index contributed by atoms with van der Waals surface area (Å²) >= 11 is 0. The summed E-state index contributed by atoms with van der Waals surface area (Å²) in [6, 6.07) is 4.71. The third kappa shape index (κ3) is 4.90. The zero-order valence-corrected chi connectivity index (χ0v) is 19.9. The van der Waals surface area contributed by atoms with Crippen molar-refractivity contribution in [1.82, 2.24) is 9.47 Å². The minimum Gasteiger partial charge on any atom is -0.504 e. The van der Waals surface area contributed by atoms with Gasteiger partial charge in [0.25, 0.3) is 0 Å². The minimum atomic E-state index is -1.08. The molecule has 2 aliphatic heterocycles. The van der Waals surface area contributed by atoms with Crippen LogP contribution >= 0.6 is 0 Å². The largest absolute Gasteiger partial charge is 0.504 e. The Morgan fingerprint density at radius 2 is 1.97 bits per heavy atom. The van der Waals surface area contributed by atoms with E-state index in [1.54, 1.807) is 6.07 Å². The third-order valence-electron chi connectivity index (χ3n) is 6.58. The molecule has 34 heavy (non-hydrogen) atoms. The van der Waals surface area contributed by atoms with Crippen molar-refractivity contribution >= 4 is 5.91 Å². The summed E-state index contributed by atoms with van der Waals surface area (Å²) in [4.78, 5) is 37.6. The Bertz CT molecular complexity index is 1140. The van der Waals surface area contributed by atoms with Crippen molar-refractivity contribution in [2.75, 3.05) is 39.5 Å². The number of hydrogen-bond donors (Lipinski definition) is 1. The number of fused-ring (bicyclic) bond motifs is 3. The zero-order valence-electron chi connectivity index (χ0n) is 19.9. The topological polar surface area (TPSA) is 110 Å². The number of morpholine rings is 1. The molecule has 1 amide bonds. The average molecular weight is 470 g/mol. The average Bonchev–Trinajstić information content (AvgIpc) is 2.81. The summed E-state index contributed by atoms with van der Waals surface area (Å²) in [6.45, 7) is 11.0. The number of carbonyl (C=O) groups excluding carboxylic acids is 1. The van der Waals surface area contributed by atoms with Crippen LogP contribution in [0.3, 0.4) is 0 Å². The van der Waals surface area contributed by atoms with Gasteiger partial charge in [0, 0.05) is 48.7 Å². The fraction of sp³-hybridized carbons (Fsp3) is 0.520. The summed E-state index contributed by atoms with van der Waals surface area (Å²) < 4.78 is 13.1. The molecule has 0 spiro atoms. The van der Waals surface area contributed by atoms with E-state index in [2.05, 4.69) is 30.8 Å². The second-order valence-electron chi connectivity index (χ2n) is 9.96. The van der Waals surface area contributed by atoms with Crippen LogP contribution in [0.2, 0.25) is 0 Å². The zero-order chi connectivity index (χ0) is 24.5.